The van der Waals surface area contributed by atoms with Gasteiger partial charge in [0, 0.05) is 24.1 Å². The average Bonchev–Trinajstić information content (AvgIpc) is 3.22. The lowest BCUT2D eigenvalue weighted by molar-refractivity contribution is -0.122. The highest BCUT2D eigenvalue weighted by Crippen LogP contribution is 2.20. The highest BCUT2D eigenvalue weighted by atomic mass is 16.5. The van der Waals surface area contributed by atoms with Gasteiger partial charge in [-0.25, -0.2) is 0 Å². The smallest absolute Gasteiger partial charge is 0.242 e. The largest absolute Gasteiger partial charge is 0.379 e. The molecule has 2 atom stereocenters. The van der Waals surface area contributed by atoms with Gasteiger partial charge in [-0.1, -0.05) is 12.1 Å². The Kier molecular flexibility index (Phi) is 5.22. The predicted molar refractivity (Wildman–Crippen MR) is 92.3 cm³/mol. The zero-order valence-electron chi connectivity index (χ0n) is 15.3. The van der Waals surface area contributed by atoms with Crippen LogP contribution >= 0.6 is 0 Å². The maximum atomic E-state index is 12.5. The molecule has 0 unspecified atom stereocenters. The summed E-state index contributed by atoms with van der Waals surface area (Å²) in [4.78, 5) is 12.5. The lowest BCUT2D eigenvalue weighted by Gasteiger charge is -2.18. The van der Waals surface area contributed by atoms with Crippen molar-refractivity contribution < 1.29 is 14.1 Å². The molecule has 0 saturated carbocycles. The van der Waals surface area contributed by atoms with E-state index in [1.807, 2.05) is 26.8 Å². The lowest BCUT2D eigenvalue weighted by Crippen LogP contribution is -2.42. The molecule has 0 radical (unpaired) electrons. The van der Waals surface area contributed by atoms with Crippen LogP contribution in [-0.2, 0) is 28.9 Å². The molecule has 136 valence electrons. The molecule has 0 aliphatic carbocycles. The van der Waals surface area contributed by atoms with E-state index in [0.717, 1.165) is 29.3 Å². The van der Waals surface area contributed by atoms with Crippen molar-refractivity contribution in [2.75, 3.05) is 13.2 Å². The lowest BCUT2D eigenvalue weighted by atomic mass is 9.98. The maximum Gasteiger partial charge on any atom is 0.242 e. The van der Waals surface area contributed by atoms with Crippen molar-refractivity contribution in [3.8, 4) is 0 Å². The van der Waals surface area contributed by atoms with E-state index in [-0.39, 0.29) is 24.4 Å². The van der Waals surface area contributed by atoms with Gasteiger partial charge in [0.15, 0.2) is 0 Å². The summed E-state index contributed by atoms with van der Waals surface area (Å²) in [6.07, 6.45) is 1.64. The van der Waals surface area contributed by atoms with Crippen LogP contribution in [0.5, 0.6) is 0 Å². The molecule has 1 aliphatic rings. The Balaban J connectivity index is 1.60. The number of carbonyl (C=O) groups is 1. The standard InChI is InChI=1S/C18H26N4O3/c1-5-16-12(3)20-22(13(16)4)8-18(23)19-17-10-24-9-14(17)7-15-6-11(2)21-25-15/h6,14,17H,5,7-10H2,1-4H3,(H,19,23)/t14-,17+/m1/s1. The number of amides is 1. The van der Waals surface area contributed by atoms with Gasteiger partial charge < -0.3 is 14.6 Å². The molecule has 0 bridgehead atoms. The Morgan fingerprint density at radius 1 is 1.36 bits per heavy atom. The van der Waals surface area contributed by atoms with Crippen molar-refractivity contribution in [3.63, 3.8) is 0 Å². The van der Waals surface area contributed by atoms with Crippen LogP contribution in [0.3, 0.4) is 0 Å². The number of hydrogen-bond acceptors (Lipinski definition) is 5. The third kappa shape index (κ3) is 3.92. The second kappa shape index (κ2) is 7.39. The first kappa shape index (κ1) is 17.7. The van der Waals surface area contributed by atoms with Gasteiger partial charge in [-0.05, 0) is 32.8 Å². The van der Waals surface area contributed by atoms with E-state index in [0.29, 0.717) is 19.6 Å². The summed E-state index contributed by atoms with van der Waals surface area (Å²) in [5.74, 6) is 0.990. The number of nitrogens with one attached hydrogen (secondary N) is 1. The van der Waals surface area contributed by atoms with Gasteiger partial charge in [-0.3, -0.25) is 9.48 Å². The molecule has 0 spiro atoms. The van der Waals surface area contributed by atoms with Crippen LogP contribution in [0.1, 0.15) is 35.3 Å². The minimum Gasteiger partial charge on any atom is -0.379 e. The normalized spacial score (nSPS) is 20.2. The number of hydrogen-bond donors (Lipinski definition) is 1. The Bertz CT molecular complexity index is 750. The summed E-state index contributed by atoms with van der Waals surface area (Å²) in [6.45, 7) is 9.38. The highest BCUT2D eigenvalue weighted by molar-refractivity contribution is 5.76. The highest BCUT2D eigenvalue weighted by Gasteiger charge is 2.31. The number of aryl methyl sites for hydroxylation is 2. The fourth-order valence-electron chi connectivity index (χ4n) is 3.52. The van der Waals surface area contributed by atoms with Gasteiger partial charge in [0.25, 0.3) is 0 Å². The topological polar surface area (TPSA) is 82.2 Å². The fraction of sp³-hybridized carbons (Fsp3) is 0.611. The van der Waals surface area contributed by atoms with E-state index >= 15 is 0 Å². The summed E-state index contributed by atoms with van der Waals surface area (Å²) in [6, 6.07) is 1.92. The van der Waals surface area contributed by atoms with E-state index < -0.39 is 0 Å². The third-order valence-electron chi connectivity index (χ3n) is 4.86. The van der Waals surface area contributed by atoms with Crippen molar-refractivity contribution in [1.29, 1.82) is 0 Å². The van der Waals surface area contributed by atoms with Crippen molar-refractivity contribution in [3.05, 3.63) is 34.5 Å². The molecule has 3 heterocycles. The second-order valence-electron chi connectivity index (χ2n) is 6.77. The molecule has 1 amide bonds. The minimum absolute atomic E-state index is 0.0134. The quantitative estimate of drug-likeness (QED) is 0.861. The van der Waals surface area contributed by atoms with Crippen LogP contribution in [0.15, 0.2) is 10.6 Å². The summed E-state index contributed by atoms with van der Waals surface area (Å²) in [5.41, 5.74) is 4.14. The third-order valence-corrected chi connectivity index (χ3v) is 4.86. The van der Waals surface area contributed by atoms with Crippen LogP contribution in [0, 0.1) is 26.7 Å². The predicted octanol–water partition coefficient (Wildman–Crippen LogP) is 1.73. The molecular formula is C18H26N4O3. The Hall–Kier alpha value is -2.15. The number of nitrogens with zero attached hydrogens (tertiary/aromatic N) is 3. The van der Waals surface area contributed by atoms with Crippen molar-refractivity contribution in [2.24, 2.45) is 5.92 Å². The summed E-state index contributed by atoms with van der Waals surface area (Å²) in [5, 5.41) is 11.5. The molecule has 0 aromatic carbocycles. The molecular weight excluding hydrogens is 320 g/mol. The number of aromatic nitrogens is 3. The van der Waals surface area contributed by atoms with Crippen molar-refractivity contribution in [2.45, 2.75) is 53.1 Å². The van der Waals surface area contributed by atoms with Crippen LogP contribution < -0.4 is 5.32 Å². The molecule has 1 aliphatic heterocycles. The van der Waals surface area contributed by atoms with Crippen LogP contribution in [-0.4, -0.2) is 40.1 Å². The monoisotopic (exact) mass is 346 g/mol. The van der Waals surface area contributed by atoms with Crippen LogP contribution in [0.2, 0.25) is 0 Å². The molecule has 25 heavy (non-hydrogen) atoms. The molecule has 1 saturated heterocycles. The SMILES string of the molecule is CCc1c(C)nn(CC(=O)N[C@H]2COC[C@H]2Cc2cc(C)no2)c1C. The first-order valence-corrected chi connectivity index (χ1v) is 8.80. The molecule has 7 nitrogen and oxygen atoms in total. The zero-order valence-corrected chi connectivity index (χ0v) is 15.3. The molecule has 1 N–H and O–H groups in total. The number of rotatable bonds is 6. The van der Waals surface area contributed by atoms with Gasteiger partial charge in [-0.2, -0.15) is 5.10 Å². The maximum absolute atomic E-state index is 12.5. The van der Waals surface area contributed by atoms with E-state index in [1.54, 1.807) is 4.68 Å². The van der Waals surface area contributed by atoms with Crippen LogP contribution in [0.4, 0.5) is 0 Å². The summed E-state index contributed by atoms with van der Waals surface area (Å²) in [7, 11) is 0. The fourth-order valence-corrected chi connectivity index (χ4v) is 3.52. The number of ether oxygens (including phenoxy) is 1. The second-order valence-corrected chi connectivity index (χ2v) is 6.77. The molecule has 7 heteroatoms. The van der Waals surface area contributed by atoms with Crippen molar-refractivity contribution >= 4 is 5.91 Å². The van der Waals surface area contributed by atoms with Gasteiger partial charge >= 0.3 is 0 Å². The van der Waals surface area contributed by atoms with Gasteiger partial charge in [0.2, 0.25) is 5.91 Å². The molecule has 3 rings (SSSR count). The molecule has 2 aromatic heterocycles. The zero-order chi connectivity index (χ0) is 18.0. The van der Waals surface area contributed by atoms with Crippen molar-refractivity contribution in [1.82, 2.24) is 20.3 Å². The Morgan fingerprint density at radius 2 is 2.16 bits per heavy atom. The average molecular weight is 346 g/mol. The Labute approximate surface area is 147 Å². The molecule has 1 fully saturated rings. The van der Waals surface area contributed by atoms with Crippen LogP contribution in [0.25, 0.3) is 0 Å². The summed E-state index contributed by atoms with van der Waals surface area (Å²) < 4.78 is 12.6. The van der Waals surface area contributed by atoms with Gasteiger partial charge in [0.05, 0.1) is 30.6 Å². The summed E-state index contributed by atoms with van der Waals surface area (Å²) >= 11 is 0. The van der Waals surface area contributed by atoms with E-state index in [1.165, 1.54) is 5.56 Å². The number of carbonyl (C=O) groups excluding carboxylic acids is 1. The van der Waals surface area contributed by atoms with E-state index in [4.69, 9.17) is 9.26 Å². The van der Waals surface area contributed by atoms with Gasteiger partial charge in [-0.15, -0.1) is 0 Å². The minimum atomic E-state index is -0.0393. The van der Waals surface area contributed by atoms with E-state index in [9.17, 15) is 4.79 Å². The first-order valence-electron chi connectivity index (χ1n) is 8.80. The first-order chi connectivity index (χ1) is 12.0. The Morgan fingerprint density at radius 3 is 2.80 bits per heavy atom. The molecule has 2 aromatic rings. The van der Waals surface area contributed by atoms with E-state index in [2.05, 4.69) is 22.5 Å². The van der Waals surface area contributed by atoms with Gasteiger partial charge in [0.1, 0.15) is 12.3 Å².